The van der Waals surface area contributed by atoms with Crippen molar-refractivity contribution in [2.45, 2.75) is 13.2 Å². The van der Waals surface area contributed by atoms with E-state index in [0.717, 1.165) is 28.6 Å². The number of hydrogen-bond donors (Lipinski definition) is 1. The minimum Gasteiger partial charge on any atom is -0.392 e. The molecular weight excluding hydrogens is 248 g/mol. The van der Waals surface area contributed by atoms with Crippen molar-refractivity contribution in [2.24, 2.45) is 0 Å². The first-order chi connectivity index (χ1) is 9.80. The van der Waals surface area contributed by atoms with Crippen LogP contribution in [0.2, 0.25) is 0 Å². The zero-order valence-corrected chi connectivity index (χ0v) is 11.0. The van der Waals surface area contributed by atoms with Crippen molar-refractivity contribution in [2.75, 3.05) is 0 Å². The average Bonchev–Trinajstić information content (AvgIpc) is 2.89. The van der Waals surface area contributed by atoms with E-state index in [2.05, 4.69) is 10.6 Å². The summed E-state index contributed by atoms with van der Waals surface area (Å²) in [4.78, 5) is 0. The van der Waals surface area contributed by atoms with Gasteiger partial charge in [0.1, 0.15) is 0 Å². The molecule has 3 aromatic rings. The maximum atomic E-state index is 9.16. The monoisotopic (exact) mass is 262 g/mol. The first-order valence-electron chi connectivity index (χ1n) is 6.48. The summed E-state index contributed by atoms with van der Waals surface area (Å²) in [5, 5.41) is 19.2. The van der Waals surface area contributed by atoms with E-state index >= 15 is 0 Å². The minimum absolute atomic E-state index is 0.0608. The number of fused-ring (bicyclic) bond motifs is 1. The summed E-state index contributed by atoms with van der Waals surface area (Å²) >= 11 is 0. The second-order valence-corrected chi connectivity index (χ2v) is 4.81. The van der Waals surface area contributed by atoms with Gasteiger partial charge in [-0.15, -0.1) is 0 Å². The van der Waals surface area contributed by atoms with Gasteiger partial charge in [0.2, 0.25) is 0 Å². The van der Waals surface area contributed by atoms with E-state index < -0.39 is 0 Å². The molecule has 3 rings (SSSR count). The highest BCUT2D eigenvalue weighted by Crippen LogP contribution is 2.19. The predicted molar refractivity (Wildman–Crippen MR) is 78.1 cm³/mol. The fourth-order valence-electron chi connectivity index (χ4n) is 2.42. The Kier molecular flexibility index (Phi) is 3.24. The second kappa shape index (κ2) is 5.20. The quantitative estimate of drug-likeness (QED) is 0.788. The number of nitriles is 1. The standard InChI is InChI=1S/C17H14N2O/c18-10-13-2-1-3-14(8-13)11-19-7-6-16-9-15(12-20)4-5-17(16)19/h1-9,20H,11-12H2. The third-order valence-corrected chi connectivity index (χ3v) is 3.43. The average molecular weight is 262 g/mol. The van der Waals surface area contributed by atoms with E-state index in [-0.39, 0.29) is 6.61 Å². The maximum absolute atomic E-state index is 9.16. The molecule has 0 radical (unpaired) electrons. The molecule has 0 amide bonds. The fraction of sp³-hybridized carbons (Fsp3) is 0.118. The van der Waals surface area contributed by atoms with E-state index in [1.54, 1.807) is 0 Å². The molecule has 98 valence electrons. The molecule has 0 atom stereocenters. The maximum Gasteiger partial charge on any atom is 0.0991 e. The third kappa shape index (κ3) is 2.29. The van der Waals surface area contributed by atoms with Gasteiger partial charge in [-0.05, 0) is 46.8 Å². The summed E-state index contributed by atoms with van der Waals surface area (Å²) in [7, 11) is 0. The van der Waals surface area contributed by atoms with Crippen LogP contribution in [0.1, 0.15) is 16.7 Å². The molecule has 3 heteroatoms. The molecule has 0 aliphatic rings. The van der Waals surface area contributed by atoms with Gasteiger partial charge in [-0.25, -0.2) is 0 Å². The molecule has 0 saturated heterocycles. The van der Waals surface area contributed by atoms with Gasteiger partial charge in [0.25, 0.3) is 0 Å². The zero-order valence-electron chi connectivity index (χ0n) is 11.0. The van der Waals surface area contributed by atoms with Crippen LogP contribution in [-0.4, -0.2) is 9.67 Å². The molecule has 0 aliphatic carbocycles. The molecule has 0 unspecified atom stereocenters. The first kappa shape index (κ1) is 12.5. The van der Waals surface area contributed by atoms with Crippen molar-refractivity contribution in [3.8, 4) is 6.07 Å². The fourth-order valence-corrected chi connectivity index (χ4v) is 2.42. The van der Waals surface area contributed by atoms with Gasteiger partial charge < -0.3 is 9.67 Å². The lowest BCUT2D eigenvalue weighted by atomic mass is 10.1. The number of nitrogens with zero attached hydrogens (tertiary/aromatic N) is 2. The number of aliphatic hydroxyl groups excluding tert-OH is 1. The van der Waals surface area contributed by atoms with Crippen LogP contribution in [0.4, 0.5) is 0 Å². The molecule has 1 heterocycles. The van der Waals surface area contributed by atoms with E-state index in [4.69, 9.17) is 10.4 Å². The van der Waals surface area contributed by atoms with Crippen LogP contribution < -0.4 is 0 Å². The Labute approximate surface area is 117 Å². The lowest BCUT2D eigenvalue weighted by molar-refractivity contribution is 0.282. The number of aromatic nitrogens is 1. The molecule has 20 heavy (non-hydrogen) atoms. The minimum atomic E-state index is 0.0608. The van der Waals surface area contributed by atoms with Crippen molar-refractivity contribution in [3.05, 3.63) is 71.4 Å². The summed E-state index contributed by atoms with van der Waals surface area (Å²) < 4.78 is 2.15. The Bertz CT molecular complexity index is 796. The molecule has 0 aliphatic heterocycles. The molecule has 1 N–H and O–H groups in total. The highest BCUT2D eigenvalue weighted by atomic mass is 16.3. The number of aliphatic hydroxyl groups is 1. The van der Waals surface area contributed by atoms with E-state index in [9.17, 15) is 0 Å². The molecule has 0 bridgehead atoms. The Morgan fingerprint density at radius 3 is 2.75 bits per heavy atom. The van der Waals surface area contributed by atoms with Crippen LogP contribution in [0.3, 0.4) is 0 Å². The van der Waals surface area contributed by atoms with Crippen molar-refractivity contribution < 1.29 is 5.11 Å². The van der Waals surface area contributed by atoms with E-state index in [0.29, 0.717) is 5.56 Å². The van der Waals surface area contributed by atoms with Gasteiger partial charge in [0, 0.05) is 18.3 Å². The van der Waals surface area contributed by atoms with Crippen molar-refractivity contribution in [1.82, 2.24) is 4.57 Å². The van der Waals surface area contributed by atoms with Crippen LogP contribution in [0.25, 0.3) is 10.9 Å². The van der Waals surface area contributed by atoms with Gasteiger partial charge in [-0.1, -0.05) is 18.2 Å². The molecule has 0 fully saturated rings. The Morgan fingerprint density at radius 1 is 1.05 bits per heavy atom. The largest absolute Gasteiger partial charge is 0.392 e. The smallest absolute Gasteiger partial charge is 0.0991 e. The summed E-state index contributed by atoms with van der Waals surface area (Å²) in [6.07, 6.45) is 2.03. The molecule has 2 aromatic carbocycles. The van der Waals surface area contributed by atoms with Crippen LogP contribution >= 0.6 is 0 Å². The molecule has 3 nitrogen and oxygen atoms in total. The molecule has 1 aromatic heterocycles. The molecule has 0 saturated carbocycles. The van der Waals surface area contributed by atoms with E-state index in [1.165, 1.54) is 0 Å². The zero-order chi connectivity index (χ0) is 13.9. The Balaban J connectivity index is 1.96. The number of hydrogen-bond acceptors (Lipinski definition) is 2. The van der Waals surface area contributed by atoms with E-state index in [1.807, 2.05) is 54.7 Å². The Hall–Kier alpha value is -2.57. The molecular formula is C17H14N2O. The van der Waals surface area contributed by atoms with Crippen LogP contribution in [0, 0.1) is 11.3 Å². The van der Waals surface area contributed by atoms with Gasteiger partial charge in [0.05, 0.1) is 18.2 Å². The van der Waals surface area contributed by atoms with Crippen molar-refractivity contribution in [3.63, 3.8) is 0 Å². The summed E-state index contributed by atoms with van der Waals surface area (Å²) in [5.74, 6) is 0. The van der Waals surface area contributed by atoms with Gasteiger partial charge >= 0.3 is 0 Å². The first-order valence-corrected chi connectivity index (χ1v) is 6.48. The topological polar surface area (TPSA) is 49.0 Å². The number of rotatable bonds is 3. The van der Waals surface area contributed by atoms with Crippen LogP contribution in [0.5, 0.6) is 0 Å². The van der Waals surface area contributed by atoms with Gasteiger partial charge in [0.15, 0.2) is 0 Å². The second-order valence-electron chi connectivity index (χ2n) is 4.81. The lowest BCUT2D eigenvalue weighted by Crippen LogP contribution is -1.98. The highest BCUT2D eigenvalue weighted by Gasteiger charge is 2.03. The summed E-state index contributed by atoms with van der Waals surface area (Å²) in [6, 6.07) is 17.8. The van der Waals surface area contributed by atoms with Gasteiger partial charge in [-0.2, -0.15) is 5.26 Å². The third-order valence-electron chi connectivity index (χ3n) is 3.43. The summed E-state index contributed by atoms with van der Waals surface area (Å²) in [6.45, 7) is 0.794. The van der Waals surface area contributed by atoms with Crippen LogP contribution in [-0.2, 0) is 13.2 Å². The Morgan fingerprint density at radius 2 is 1.95 bits per heavy atom. The predicted octanol–water partition coefficient (Wildman–Crippen LogP) is 3.05. The normalized spacial score (nSPS) is 10.6. The molecule has 0 spiro atoms. The van der Waals surface area contributed by atoms with Crippen molar-refractivity contribution >= 4 is 10.9 Å². The highest BCUT2D eigenvalue weighted by molar-refractivity contribution is 5.81. The SMILES string of the molecule is N#Cc1cccc(Cn2ccc3cc(CO)ccc32)c1. The summed E-state index contributed by atoms with van der Waals surface area (Å²) in [5.41, 5.74) is 3.83. The number of benzene rings is 2. The van der Waals surface area contributed by atoms with Gasteiger partial charge in [-0.3, -0.25) is 0 Å². The van der Waals surface area contributed by atoms with Crippen molar-refractivity contribution in [1.29, 1.82) is 5.26 Å². The lowest BCUT2D eigenvalue weighted by Gasteiger charge is -2.06. The van der Waals surface area contributed by atoms with Crippen LogP contribution in [0.15, 0.2) is 54.7 Å².